The number of benzene rings is 1. The molecule has 0 bridgehead atoms. The molecular weight excluding hydrogens is 276 g/mol. The topological polar surface area (TPSA) is 0 Å². The van der Waals surface area contributed by atoms with Gasteiger partial charge in [0.2, 0.25) is 0 Å². The summed E-state index contributed by atoms with van der Waals surface area (Å²) in [4.78, 5) is 0. The van der Waals surface area contributed by atoms with Crippen LogP contribution in [0.4, 0.5) is 0 Å². The van der Waals surface area contributed by atoms with Crippen LogP contribution < -0.4 is 0 Å². The van der Waals surface area contributed by atoms with Crippen molar-refractivity contribution in [2.75, 3.05) is 0 Å². The van der Waals surface area contributed by atoms with Crippen LogP contribution in [0.3, 0.4) is 0 Å². The molecule has 0 radical (unpaired) electrons. The lowest BCUT2D eigenvalue weighted by Gasteiger charge is -2.25. The molecule has 0 heterocycles. The molecule has 2 atom stereocenters. The van der Waals surface area contributed by atoms with E-state index < -0.39 is 0 Å². The Labute approximate surface area is 148 Å². The SMILES string of the molecule is CC.CC.CCC1CCCC(C)C1.CCc1cccc(CC)c1. The lowest BCUT2D eigenvalue weighted by Crippen LogP contribution is -2.11. The normalized spacial score (nSPS) is 19.1. The lowest BCUT2D eigenvalue weighted by molar-refractivity contribution is 0.276. The van der Waals surface area contributed by atoms with Gasteiger partial charge in [-0.3, -0.25) is 0 Å². The van der Waals surface area contributed by atoms with Gasteiger partial charge in [0.1, 0.15) is 0 Å². The summed E-state index contributed by atoms with van der Waals surface area (Å²) in [5, 5.41) is 0. The molecule has 1 aliphatic rings. The van der Waals surface area contributed by atoms with Crippen LogP contribution >= 0.6 is 0 Å². The highest BCUT2D eigenvalue weighted by Gasteiger charge is 2.16. The molecule has 1 saturated carbocycles. The van der Waals surface area contributed by atoms with Gasteiger partial charge in [-0.05, 0) is 42.2 Å². The first kappa shape index (κ1) is 24.5. The Morgan fingerprint density at radius 3 is 1.74 bits per heavy atom. The Hall–Kier alpha value is -0.780. The highest BCUT2D eigenvalue weighted by molar-refractivity contribution is 5.23. The van der Waals surface area contributed by atoms with Crippen molar-refractivity contribution < 1.29 is 0 Å². The first-order valence-corrected chi connectivity index (χ1v) is 10.3. The van der Waals surface area contributed by atoms with Crippen molar-refractivity contribution in [2.45, 2.75) is 100 Å². The average molecular weight is 321 g/mol. The van der Waals surface area contributed by atoms with E-state index >= 15 is 0 Å². The highest BCUT2D eigenvalue weighted by Crippen LogP contribution is 2.30. The molecule has 1 aromatic carbocycles. The minimum absolute atomic E-state index is 1.02. The van der Waals surface area contributed by atoms with Gasteiger partial charge in [0.25, 0.3) is 0 Å². The number of rotatable bonds is 3. The molecule has 0 spiro atoms. The highest BCUT2D eigenvalue weighted by atomic mass is 14.2. The van der Waals surface area contributed by atoms with Crippen molar-refractivity contribution in [1.82, 2.24) is 0 Å². The number of aryl methyl sites for hydroxylation is 2. The van der Waals surface area contributed by atoms with Gasteiger partial charge < -0.3 is 0 Å². The standard InChI is InChI=1S/C10H14.C9H18.2C2H6/c1-3-9-6-5-7-10(4-2)8-9;1-3-9-6-4-5-8(2)7-9;2*1-2/h5-8H,3-4H2,1-2H3;8-9H,3-7H2,1-2H3;2*1-2H3. The first-order valence-electron chi connectivity index (χ1n) is 10.3. The molecule has 2 rings (SSSR count). The fraction of sp³-hybridized carbons (Fsp3) is 0.739. The fourth-order valence-corrected chi connectivity index (χ4v) is 3.00. The minimum atomic E-state index is 1.02. The van der Waals surface area contributed by atoms with Crippen LogP contribution in [0.25, 0.3) is 0 Å². The van der Waals surface area contributed by atoms with Crippen LogP contribution in [0.1, 0.15) is 98.6 Å². The summed E-state index contributed by atoms with van der Waals surface area (Å²) in [6, 6.07) is 8.77. The molecular formula is C23H44. The van der Waals surface area contributed by atoms with Crippen LogP contribution in [0, 0.1) is 11.8 Å². The summed E-state index contributed by atoms with van der Waals surface area (Å²) >= 11 is 0. The first-order chi connectivity index (χ1) is 11.2. The Morgan fingerprint density at radius 1 is 0.870 bits per heavy atom. The van der Waals surface area contributed by atoms with Crippen molar-refractivity contribution in [3.63, 3.8) is 0 Å². The number of hydrogen-bond acceptors (Lipinski definition) is 0. The van der Waals surface area contributed by atoms with Crippen molar-refractivity contribution in [3.05, 3.63) is 35.4 Å². The van der Waals surface area contributed by atoms with Crippen molar-refractivity contribution in [3.8, 4) is 0 Å². The maximum absolute atomic E-state index is 2.39. The zero-order chi connectivity index (χ0) is 18.1. The van der Waals surface area contributed by atoms with Gasteiger partial charge in [0.05, 0.1) is 0 Å². The summed E-state index contributed by atoms with van der Waals surface area (Å²) in [5.41, 5.74) is 2.89. The van der Waals surface area contributed by atoms with Crippen LogP contribution in [0.5, 0.6) is 0 Å². The third-order valence-corrected chi connectivity index (χ3v) is 4.43. The molecule has 1 aliphatic carbocycles. The van der Waals surface area contributed by atoms with E-state index in [1.807, 2.05) is 27.7 Å². The van der Waals surface area contributed by atoms with E-state index in [0.717, 1.165) is 24.7 Å². The summed E-state index contributed by atoms with van der Waals surface area (Å²) in [5.74, 6) is 2.08. The molecule has 2 unspecified atom stereocenters. The Kier molecular flexibility index (Phi) is 18.7. The van der Waals surface area contributed by atoms with Gasteiger partial charge in [0, 0.05) is 0 Å². The number of hydrogen-bond donors (Lipinski definition) is 0. The molecule has 0 aliphatic heterocycles. The summed E-state index contributed by atoms with van der Waals surface area (Å²) in [7, 11) is 0. The van der Waals surface area contributed by atoms with Crippen LogP contribution in [0.15, 0.2) is 24.3 Å². The maximum atomic E-state index is 2.39. The van der Waals surface area contributed by atoms with E-state index in [0.29, 0.717) is 0 Å². The van der Waals surface area contributed by atoms with E-state index in [9.17, 15) is 0 Å². The van der Waals surface area contributed by atoms with Gasteiger partial charge in [-0.2, -0.15) is 0 Å². The Balaban J connectivity index is 0. The monoisotopic (exact) mass is 320 g/mol. The second kappa shape index (κ2) is 17.6. The lowest BCUT2D eigenvalue weighted by atomic mass is 9.81. The molecule has 1 aromatic rings. The molecule has 136 valence electrons. The van der Waals surface area contributed by atoms with Gasteiger partial charge in [-0.1, -0.05) is 105 Å². The molecule has 0 amide bonds. The second-order valence-electron chi connectivity index (χ2n) is 6.07. The molecule has 0 nitrogen and oxygen atoms in total. The van der Waals surface area contributed by atoms with Gasteiger partial charge in [-0.15, -0.1) is 0 Å². The molecule has 0 aromatic heterocycles. The van der Waals surface area contributed by atoms with Gasteiger partial charge in [-0.25, -0.2) is 0 Å². The van der Waals surface area contributed by atoms with Crippen molar-refractivity contribution >= 4 is 0 Å². The van der Waals surface area contributed by atoms with E-state index in [2.05, 4.69) is 52.0 Å². The Bertz CT molecular complexity index is 320. The predicted molar refractivity (Wildman–Crippen MR) is 109 cm³/mol. The van der Waals surface area contributed by atoms with E-state index in [4.69, 9.17) is 0 Å². The summed E-state index contributed by atoms with van der Waals surface area (Å²) in [6.07, 6.45) is 9.67. The summed E-state index contributed by atoms with van der Waals surface area (Å²) in [6.45, 7) is 17.1. The second-order valence-corrected chi connectivity index (χ2v) is 6.07. The molecule has 0 heteroatoms. The zero-order valence-electron chi connectivity index (χ0n) is 17.4. The third-order valence-electron chi connectivity index (χ3n) is 4.43. The summed E-state index contributed by atoms with van der Waals surface area (Å²) < 4.78 is 0. The zero-order valence-corrected chi connectivity index (χ0v) is 17.4. The van der Waals surface area contributed by atoms with E-state index in [1.165, 1.54) is 43.2 Å². The quantitative estimate of drug-likeness (QED) is 0.528. The molecule has 0 N–H and O–H groups in total. The van der Waals surface area contributed by atoms with Crippen LogP contribution in [-0.4, -0.2) is 0 Å². The average Bonchev–Trinajstić information content (AvgIpc) is 2.65. The van der Waals surface area contributed by atoms with E-state index in [-0.39, 0.29) is 0 Å². The largest absolute Gasteiger partial charge is 0.0683 e. The predicted octanol–water partition coefficient (Wildman–Crippen LogP) is 8.09. The van der Waals surface area contributed by atoms with Gasteiger partial charge in [0.15, 0.2) is 0 Å². The van der Waals surface area contributed by atoms with Crippen LogP contribution in [0.2, 0.25) is 0 Å². The fourth-order valence-electron chi connectivity index (χ4n) is 3.00. The molecule has 23 heavy (non-hydrogen) atoms. The van der Waals surface area contributed by atoms with E-state index in [1.54, 1.807) is 0 Å². The minimum Gasteiger partial charge on any atom is -0.0683 e. The van der Waals surface area contributed by atoms with Crippen molar-refractivity contribution in [2.24, 2.45) is 11.8 Å². The van der Waals surface area contributed by atoms with Crippen molar-refractivity contribution in [1.29, 1.82) is 0 Å². The Morgan fingerprint density at radius 2 is 1.39 bits per heavy atom. The maximum Gasteiger partial charge on any atom is -0.0307 e. The smallest absolute Gasteiger partial charge is 0.0307 e. The molecule has 1 fully saturated rings. The van der Waals surface area contributed by atoms with Gasteiger partial charge >= 0.3 is 0 Å². The van der Waals surface area contributed by atoms with Crippen LogP contribution in [-0.2, 0) is 12.8 Å². The third kappa shape index (κ3) is 12.3. The molecule has 0 saturated heterocycles.